The largest absolute Gasteiger partial charge is 0.490 e. The highest BCUT2D eigenvalue weighted by atomic mass is 16.5. The molecule has 3 heteroatoms. The molecule has 1 fully saturated rings. The van der Waals surface area contributed by atoms with Crippen LogP contribution in [0.4, 0.5) is 0 Å². The molecule has 0 aliphatic heterocycles. The first-order valence-corrected chi connectivity index (χ1v) is 7.82. The molecule has 1 aliphatic carbocycles. The third kappa shape index (κ3) is 2.86. The van der Waals surface area contributed by atoms with Crippen molar-refractivity contribution in [1.82, 2.24) is 9.88 Å². The molecule has 1 unspecified atom stereocenters. The summed E-state index contributed by atoms with van der Waals surface area (Å²) in [6, 6.07) is 14.5. The minimum Gasteiger partial charge on any atom is -0.490 e. The molecule has 3 nitrogen and oxygen atoms in total. The standard InChI is InChI=1S/C19H24N2O/c1-18(2)14-19(18,15-22-17-10-7-11-20-12-17)21(3)13-16-8-5-4-6-9-16/h4-12H,13-15H2,1-3H3. The van der Waals surface area contributed by atoms with Gasteiger partial charge in [-0.1, -0.05) is 44.2 Å². The second-order valence-corrected chi connectivity index (χ2v) is 6.91. The molecule has 0 spiro atoms. The molecule has 0 saturated heterocycles. The smallest absolute Gasteiger partial charge is 0.137 e. The third-order valence-corrected chi connectivity index (χ3v) is 4.97. The summed E-state index contributed by atoms with van der Waals surface area (Å²) in [4.78, 5) is 6.56. The molecule has 2 aromatic rings. The molecule has 0 bridgehead atoms. The topological polar surface area (TPSA) is 25.4 Å². The van der Waals surface area contributed by atoms with Crippen molar-refractivity contribution in [3.05, 3.63) is 60.4 Å². The van der Waals surface area contributed by atoms with Gasteiger partial charge < -0.3 is 4.74 Å². The number of nitrogens with zero attached hydrogens (tertiary/aromatic N) is 2. The Kier molecular flexibility index (Phi) is 3.92. The van der Waals surface area contributed by atoms with Crippen molar-refractivity contribution in [1.29, 1.82) is 0 Å². The van der Waals surface area contributed by atoms with Gasteiger partial charge >= 0.3 is 0 Å². The predicted molar refractivity (Wildman–Crippen MR) is 88.8 cm³/mol. The van der Waals surface area contributed by atoms with Gasteiger partial charge in [0.1, 0.15) is 12.4 Å². The summed E-state index contributed by atoms with van der Waals surface area (Å²) >= 11 is 0. The van der Waals surface area contributed by atoms with Crippen molar-refractivity contribution < 1.29 is 4.74 Å². The summed E-state index contributed by atoms with van der Waals surface area (Å²) in [5, 5.41) is 0. The van der Waals surface area contributed by atoms with Crippen LogP contribution in [0, 0.1) is 5.41 Å². The Morgan fingerprint density at radius 2 is 1.86 bits per heavy atom. The van der Waals surface area contributed by atoms with Crippen molar-refractivity contribution in [2.75, 3.05) is 13.7 Å². The van der Waals surface area contributed by atoms with Crippen molar-refractivity contribution in [2.24, 2.45) is 5.41 Å². The van der Waals surface area contributed by atoms with Crippen LogP contribution < -0.4 is 4.74 Å². The lowest BCUT2D eigenvalue weighted by Crippen LogP contribution is -2.42. The van der Waals surface area contributed by atoms with Gasteiger partial charge in [-0.15, -0.1) is 0 Å². The molecular formula is C19H24N2O. The van der Waals surface area contributed by atoms with Crippen molar-refractivity contribution >= 4 is 0 Å². The summed E-state index contributed by atoms with van der Waals surface area (Å²) in [5.74, 6) is 0.845. The number of pyridine rings is 1. The van der Waals surface area contributed by atoms with E-state index in [0.29, 0.717) is 6.61 Å². The van der Waals surface area contributed by atoms with E-state index < -0.39 is 0 Å². The van der Waals surface area contributed by atoms with Crippen molar-refractivity contribution in [3.8, 4) is 5.75 Å². The molecule has 3 rings (SSSR count). The average Bonchev–Trinajstić information content (AvgIpc) is 3.10. The van der Waals surface area contributed by atoms with Gasteiger partial charge in [-0.2, -0.15) is 0 Å². The van der Waals surface area contributed by atoms with Crippen molar-refractivity contribution in [2.45, 2.75) is 32.4 Å². The van der Waals surface area contributed by atoms with Gasteiger partial charge in [-0.05, 0) is 36.6 Å². The Morgan fingerprint density at radius 3 is 2.45 bits per heavy atom. The summed E-state index contributed by atoms with van der Waals surface area (Å²) in [6.45, 7) is 6.29. The van der Waals surface area contributed by atoms with Gasteiger partial charge in [0.2, 0.25) is 0 Å². The van der Waals surface area contributed by atoms with E-state index in [4.69, 9.17) is 4.74 Å². The predicted octanol–water partition coefficient (Wildman–Crippen LogP) is 3.76. The zero-order chi connectivity index (χ0) is 15.6. The third-order valence-electron chi connectivity index (χ3n) is 4.97. The average molecular weight is 296 g/mol. The molecule has 1 heterocycles. The number of hydrogen-bond acceptors (Lipinski definition) is 3. The zero-order valence-electron chi connectivity index (χ0n) is 13.6. The van der Waals surface area contributed by atoms with E-state index in [2.05, 4.69) is 61.1 Å². The van der Waals surface area contributed by atoms with E-state index in [-0.39, 0.29) is 11.0 Å². The quantitative estimate of drug-likeness (QED) is 0.811. The molecule has 116 valence electrons. The van der Waals surface area contributed by atoms with E-state index in [1.807, 2.05) is 12.1 Å². The van der Waals surface area contributed by atoms with Crippen LogP contribution in [-0.2, 0) is 6.54 Å². The van der Waals surface area contributed by atoms with Crippen LogP contribution in [0.1, 0.15) is 25.8 Å². The van der Waals surface area contributed by atoms with E-state index >= 15 is 0 Å². The summed E-state index contributed by atoms with van der Waals surface area (Å²) < 4.78 is 6.02. The number of likely N-dealkylation sites (N-methyl/N-ethyl adjacent to an activating group) is 1. The van der Waals surface area contributed by atoms with E-state index in [9.17, 15) is 0 Å². The van der Waals surface area contributed by atoms with Crippen LogP contribution in [-0.4, -0.2) is 29.1 Å². The Labute approximate surface area is 132 Å². The highest BCUT2D eigenvalue weighted by molar-refractivity contribution is 5.23. The molecule has 0 N–H and O–H groups in total. The molecule has 0 radical (unpaired) electrons. The van der Waals surface area contributed by atoms with Gasteiger partial charge in [-0.3, -0.25) is 9.88 Å². The highest BCUT2D eigenvalue weighted by Crippen LogP contribution is 2.59. The first-order chi connectivity index (χ1) is 10.5. The van der Waals surface area contributed by atoms with Crippen LogP contribution in [0.25, 0.3) is 0 Å². The molecule has 1 aromatic carbocycles. The maximum absolute atomic E-state index is 6.02. The van der Waals surface area contributed by atoms with E-state index in [1.165, 1.54) is 5.56 Å². The molecule has 0 amide bonds. The number of ether oxygens (including phenoxy) is 1. The maximum Gasteiger partial charge on any atom is 0.137 e. The minimum absolute atomic E-state index is 0.0959. The van der Waals surface area contributed by atoms with E-state index in [1.54, 1.807) is 12.4 Å². The number of aromatic nitrogens is 1. The van der Waals surface area contributed by atoms with Crippen LogP contribution in [0.5, 0.6) is 5.75 Å². The fourth-order valence-electron chi connectivity index (χ4n) is 3.34. The number of benzene rings is 1. The lowest BCUT2D eigenvalue weighted by molar-refractivity contribution is 0.107. The Bertz CT molecular complexity index is 612. The zero-order valence-corrected chi connectivity index (χ0v) is 13.6. The van der Waals surface area contributed by atoms with Crippen LogP contribution in [0.2, 0.25) is 0 Å². The molecule has 1 aliphatic rings. The number of rotatable bonds is 6. The summed E-state index contributed by atoms with van der Waals surface area (Å²) in [6.07, 6.45) is 4.70. The number of hydrogen-bond donors (Lipinski definition) is 0. The second kappa shape index (κ2) is 5.73. The fraction of sp³-hybridized carbons (Fsp3) is 0.421. The molecule has 1 atom stereocenters. The van der Waals surface area contributed by atoms with Crippen LogP contribution in [0.15, 0.2) is 54.9 Å². The highest BCUT2D eigenvalue weighted by Gasteiger charge is 2.64. The SMILES string of the molecule is CN(Cc1ccccc1)C1(COc2cccnc2)CC1(C)C. The molecule has 1 aromatic heterocycles. The molecule has 1 saturated carbocycles. The fourth-order valence-corrected chi connectivity index (χ4v) is 3.34. The summed E-state index contributed by atoms with van der Waals surface area (Å²) in [5.41, 5.74) is 1.71. The van der Waals surface area contributed by atoms with E-state index in [0.717, 1.165) is 18.7 Å². The van der Waals surface area contributed by atoms with Gasteiger partial charge in [-0.25, -0.2) is 0 Å². The maximum atomic E-state index is 6.02. The lowest BCUT2D eigenvalue weighted by Gasteiger charge is -2.31. The van der Waals surface area contributed by atoms with Gasteiger partial charge in [0.25, 0.3) is 0 Å². The first-order valence-electron chi connectivity index (χ1n) is 7.82. The van der Waals surface area contributed by atoms with Gasteiger partial charge in [0.05, 0.1) is 11.7 Å². The summed E-state index contributed by atoms with van der Waals surface area (Å²) in [7, 11) is 2.20. The Balaban J connectivity index is 1.69. The minimum atomic E-state index is 0.0959. The lowest BCUT2D eigenvalue weighted by atomic mass is 10.0. The Hall–Kier alpha value is -1.87. The van der Waals surface area contributed by atoms with Gasteiger partial charge in [0, 0.05) is 12.7 Å². The Morgan fingerprint density at radius 1 is 1.14 bits per heavy atom. The second-order valence-electron chi connectivity index (χ2n) is 6.91. The normalized spacial score (nSPS) is 22.5. The van der Waals surface area contributed by atoms with Crippen LogP contribution in [0.3, 0.4) is 0 Å². The van der Waals surface area contributed by atoms with Crippen LogP contribution >= 0.6 is 0 Å². The molecular weight excluding hydrogens is 272 g/mol. The molecule has 22 heavy (non-hydrogen) atoms. The van der Waals surface area contributed by atoms with Crippen molar-refractivity contribution in [3.63, 3.8) is 0 Å². The van der Waals surface area contributed by atoms with Gasteiger partial charge in [0.15, 0.2) is 0 Å². The first kappa shape index (κ1) is 15.0. The monoisotopic (exact) mass is 296 g/mol.